The third-order valence-electron chi connectivity index (χ3n) is 5.09. The standard InChI is InChI=1S/C20H23NO4S/c1-13-2-9-19(21-20(13)23)18(11-15-5-8-17(22)10-15)16-6-3-14(4-7-16)12-26(24)25/h2-4,6-7,9,15,18H,5,8,10-12H2,1H3,(H,21,23)(H,24,25)/t15-,18?/m0/s1. The number of benzene rings is 1. The SMILES string of the molecule is Cc1ccc(C(C[C@H]2CCC(=O)C2)c2ccc(CS(=O)O)cc2)[nH]c1=O. The zero-order chi connectivity index (χ0) is 18.7. The maximum atomic E-state index is 12.1. The van der Waals surface area contributed by atoms with Gasteiger partial charge in [0.05, 0.1) is 5.75 Å². The van der Waals surface area contributed by atoms with Crippen LogP contribution >= 0.6 is 0 Å². The molecule has 1 aliphatic carbocycles. The van der Waals surface area contributed by atoms with Crippen LogP contribution in [-0.4, -0.2) is 19.5 Å². The van der Waals surface area contributed by atoms with Crippen LogP contribution in [0.15, 0.2) is 41.2 Å². The number of aromatic nitrogens is 1. The van der Waals surface area contributed by atoms with E-state index < -0.39 is 11.1 Å². The molecule has 1 aromatic carbocycles. The van der Waals surface area contributed by atoms with Crippen molar-refractivity contribution < 1.29 is 13.6 Å². The lowest BCUT2D eigenvalue weighted by Crippen LogP contribution is -2.16. The predicted molar refractivity (Wildman–Crippen MR) is 102 cm³/mol. The van der Waals surface area contributed by atoms with Crippen molar-refractivity contribution in [2.75, 3.05) is 0 Å². The molecule has 0 bridgehead atoms. The molecule has 26 heavy (non-hydrogen) atoms. The molecule has 0 saturated heterocycles. The number of aromatic amines is 1. The highest BCUT2D eigenvalue weighted by molar-refractivity contribution is 7.78. The summed E-state index contributed by atoms with van der Waals surface area (Å²) in [5, 5.41) is 0. The Bertz CT molecular complexity index is 872. The van der Waals surface area contributed by atoms with Crippen molar-refractivity contribution in [3.63, 3.8) is 0 Å². The van der Waals surface area contributed by atoms with E-state index in [-0.39, 0.29) is 17.2 Å². The molecule has 0 aliphatic heterocycles. The Morgan fingerprint density at radius 1 is 1.19 bits per heavy atom. The molecule has 3 atom stereocenters. The summed E-state index contributed by atoms with van der Waals surface area (Å²) >= 11 is -1.87. The average Bonchev–Trinajstić information content (AvgIpc) is 3.01. The number of H-pyrrole nitrogens is 1. The Kier molecular flexibility index (Phi) is 5.84. The molecule has 1 fully saturated rings. The molecule has 3 rings (SSSR count). The van der Waals surface area contributed by atoms with Crippen LogP contribution in [0.5, 0.6) is 0 Å². The van der Waals surface area contributed by atoms with Crippen LogP contribution in [0.2, 0.25) is 0 Å². The van der Waals surface area contributed by atoms with Gasteiger partial charge in [0.1, 0.15) is 5.78 Å². The molecule has 1 heterocycles. The first kappa shape index (κ1) is 18.7. The summed E-state index contributed by atoms with van der Waals surface area (Å²) in [5.41, 5.74) is 3.25. The molecule has 0 spiro atoms. The lowest BCUT2D eigenvalue weighted by atomic mass is 9.85. The number of rotatable bonds is 6. The minimum Gasteiger partial charge on any atom is -0.325 e. The topological polar surface area (TPSA) is 87.2 Å². The van der Waals surface area contributed by atoms with Crippen LogP contribution in [-0.2, 0) is 21.6 Å². The van der Waals surface area contributed by atoms with Crippen molar-refractivity contribution in [2.45, 2.75) is 44.3 Å². The van der Waals surface area contributed by atoms with Crippen LogP contribution in [0, 0.1) is 12.8 Å². The molecule has 2 unspecified atom stereocenters. The molecule has 1 aliphatic rings. The molecule has 0 amide bonds. The van der Waals surface area contributed by atoms with Crippen LogP contribution in [0.1, 0.15) is 54.0 Å². The third kappa shape index (κ3) is 4.56. The molecule has 0 radical (unpaired) electrons. The number of hydrogen-bond acceptors (Lipinski definition) is 3. The van der Waals surface area contributed by atoms with Crippen molar-refractivity contribution in [2.24, 2.45) is 5.92 Å². The van der Waals surface area contributed by atoms with Gasteiger partial charge in [-0.1, -0.05) is 30.3 Å². The highest BCUT2D eigenvalue weighted by Crippen LogP contribution is 2.36. The normalized spacial score (nSPS) is 19.5. The quantitative estimate of drug-likeness (QED) is 0.761. The molecule has 6 heteroatoms. The first-order chi connectivity index (χ1) is 12.4. The highest BCUT2D eigenvalue weighted by atomic mass is 32.2. The van der Waals surface area contributed by atoms with E-state index in [2.05, 4.69) is 4.98 Å². The highest BCUT2D eigenvalue weighted by Gasteiger charge is 2.27. The largest absolute Gasteiger partial charge is 0.325 e. The fourth-order valence-corrected chi connectivity index (χ4v) is 4.10. The van der Waals surface area contributed by atoms with Gasteiger partial charge in [-0.25, -0.2) is 4.21 Å². The number of carbonyl (C=O) groups excluding carboxylic acids is 1. The van der Waals surface area contributed by atoms with Crippen LogP contribution in [0.25, 0.3) is 0 Å². The predicted octanol–water partition coefficient (Wildman–Crippen LogP) is 3.30. The van der Waals surface area contributed by atoms with Crippen molar-refractivity contribution in [1.29, 1.82) is 0 Å². The zero-order valence-corrected chi connectivity index (χ0v) is 15.6. The fraction of sp³-hybridized carbons (Fsp3) is 0.400. The number of hydrogen-bond donors (Lipinski definition) is 2. The Morgan fingerprint density at radius 2 is 1.92 bits per heavy atom. The molecular weight excluding hydrogens is 350 g/mol. The van der Waals surface area contributed by atoms with E-state index in [1.165, 1.54) is 0 Å². The minimum atomic E-state index is -1.87. The van der Waals surface area contributed by atoms with Gasteiger partial charge in [0, 0.05) is 30.0 Å². The third-order valence-corrected chi connectivity index (χ3v) is 5.67. The average molecular weight is 373 g/mol. The lowest BCUT2D eigenvalue weighted by Gasteiger charge is -2.21. The molecule has 5 nitrogen and oxygen atoms in total. The number of nitrogens with one attached hydrogen (secondary N) is 1. The molecule has 2 aromatic rings. The van der Waals surface area contributed by atoms with Gasteiger partial charge in [0.25, 0.3) is 5.56 Å². The van der Waals surface area contributed by atoms with E-state index in [0.29, 0.717) is 30.1 Å². The Balaban J connectivity index is 1.91. The number of pyridine rings is 1. The van der Waals surface area contributed by atoms with E-state index in [1.807, 2.05) is 36.4 Å². The van der Waals surface area contributed by atoms with Crippen LogP contribution in [0.4, 0.5) is 0 Å². The van der Waals surface area contributed by atoms with Gasteiger partial charge in [-0.2, -0.15) is 0 Å². The number of carbonyl (C=O) groups is 1. The molecule has 1 saturated carbocycles. The summed E-state index contributed by atoms with van der Waals surface area (Å²) in [5.74, 6) is 0.727. The summed E-state index contributed by atoms with van der Waals surface area (Å²) in [6.07, 6.45) is 2.94. The maximum absolute atomic E-state index is 12.1. The van der Waals surface area contributed by atoms with E-state index in [4.69, 9.17) is 4.55 Å². The van der Waals surface area contributed by atoms with Crippen molar-refractivity contribution in [3.8, 4) is 0 Å². The first-order valence-corrected chi connectivity index (χ1v) is 10.1. The Hall–Kier alpha value is -2.05. The van der Waals surface area contributed by atoms with Crippen LogP contribution < -0.4 is 5.56 Å². The smallest absolute Gasteiger partial charge is 0.251 e. The minimum absolute atomic E-state index is 0.00660. The Labute approximate surface area is 155 Å². The van der Waals surface area contributed by atoms with Gasteiger partial charge in [-0.05, 0) is 42.9 Å². The van der Waals surface area contributed by atoms with Gasteiger partial charge >= 0.3 is 0 Å². The van der Waals surface area contributed by atoms with Gasteiger partial charge in [-0.15, -0.1) is 0 Å². The molecule has 2 N–H and O–H groups in total. The van der Waals surface area contributed by atoms with Gasteiger partial charge in [0.15, 0.2) is 11.1 Å². The van der Waals surface area contributed by atoms with E-state index in [1.54, 1.807) is 6.92 Å². The van der Waals surface area contributed by atoms with Gasteiger partial charge in [-0.3, -0.25) is 9.59 Å². The fourth-order valence-electron chi connectivity index (χ4n) is 3.62. The Morgan fingerprint density at radius 3 is 2.50 bits per heavy atom. The second-order valence-electron chi connectivity index (χ2n) is 7.07. The van der Waals surface area contributed by atoms with Crippen molar-refractivity contribution >= 4 is 16.9 Å². The van der Waals surface area contributed by atoms with Gasteiger partial charge < -0.3 is 9.54 Å². The van der Waals surface area contributed by atoms with Crippen LogP contribution in [0.3, 0.4) is 0 Å². The zero-order valence-electron chi connectivity index (χ0n) is 14.7. The summed E-state index contributed by atoms with van der Waals surface area (Å²) in [6, 6.07) is 11.4. The molecular formula is C20H23NO4S. The maximum Gasteiger partial charge on any atom is 0.251 e. The van der Waals surface area contributed by atoms with Crippen molar-refractivity contribution in [3.05, 3.63) is 69.1 Å². The van der Waals surface area contributed by atoms with E-state index in [9.17, 15) is 13.8 Å². The second-order valence-corrected chi connectivity index (χ2v) is 8.00. The molecule has 1 aromatic heterocycles. The first-order valence-electron chi connectivity index (χ1n) is 8.80. The second kappa shape index (κ2) is 8.10. The lowest BCUT2D eigenvalue weighted by molar-refractivity contribution is -0.117. The summed E-state index contributed by atoms with van der Waals surface area (Å²) < 4.78 is 20.0. The summed E-state index contributed by atoms with van der Waals surface area (Å²) in [6.45, 7) is 1.77. The number of ketones is 1. The van der Waals surface area contributed by atoms with Crippen molar-refractivity contribution in [1.82, 2.24) is 4.98 Å². The van der Waals surface area contributed by atoms with E-state index >= 15 is 0 Å². The summed E-state index contributed by atoms with van der Waals surface area (Å²) in [7, 11) is 0. The number of aryl methyl sites for hydroxylation is 1. The van der Waals surface area contributed by atoms with Gasteiger partial charge in [0.2, 0.25) is 0 Å². The monoisotopic (exact) mass is 373 g/mol. The van der Waals surface area contributed by atoms with E-state index in [0.717, 1.165) is 29.7 Å². The summed E-state index contributed by atoms with van der Waals surface area (Å²) in [4.78, 5) is 26.7. The number of Topliss-reactive ketones (excluding diaryl/α,β-unsaturated/α-hetero) is 1. The molecule has 138 valence electrons.